The van der Waals surface area contributed by atoms with Crippen LogP contribution in [-0.4, -0.2) is 40.5 Å². The van der Waals surface area contributed by atoms with Gasteiger partial charge in [0.15, 0.2) is 0 Å². The standard InChI is InChI=1S/C12H20N4/c1-2-16-7-3-4-11(10-16)15-9-12-8-13-5-6-14-12/h5-6,8,11,15H,2-4,7,9-10H2,1H3. The molecule has 1 saturated heterocycles. The molecule has 0 amide bonds. The Morgan fingerprint density at radius 1 is 1.50 bits per heavy atom. The fourth-order valence-corrected chi connectivity index (χ4v) is 2.18. The molecule has 1 aromatic rings. The molecule has 0 spiro atoms. The summed E-state index contributed by atoms with van der Waals surface area (Å²) in [5.74, 6) is 0. The van der Waals surface area contributed by atoms with Gasteiger partial charge >= 0.3 is 0 Å². The van der Waals surface area contributed by atoms with E-state index in [2.05, 4.69) is 27.1 Å². The zero-order chi connectivity index (χ0) is 11.2. The molecule has 1 aliphatic rings. The number of likely N-dealkylation sites (tertiary alicyclic amines) is 1. The minimum Gasteiger partial charge on any atom is -0.307 e. The molecule has 1 N–H and O–H groups in total. The number of aromatic nitrogens is 2. The first-order chi connectivity index (χ1) is 7.88. The smallest absolute Gasteiger partial charge is 0.0724 e. The van der Waals surface area contributed by atoms with Gasteiger partial charge in [0.05, 0.1) is 5.69 Å². The molecule has 0 aromatic carbocycles. The zero-order valence-corrected chi connectivity index (χ0v) is 9.89. The number of likely N-dealkylation sites (N-methyl/N-ethyl adjacent to an activating group) is 1. The Balaban J connectivity index is 1.77. The first-order valence-electron chi connectivity index (χ1n) is 6.09. The van der Waals surface area contributed by atoms with Gasteiger partial charge in [0.25, 0.3) is 0 Å². The van der Waals surface area contributed by atoms with E-state index in [0.29, 0.717) is 6.04 Å². The first-order valence-corrected chi connectivity index (χ1v) is 6.09. The van der Waals surface area contributed by atoms with Crippen LogP contribution in [0.4, 0.5) is 0 Å². The van der Waals surface area contributed by atoms with Gasteiger partial charge < -0.3 is 10.2 Å². The molecule has 2 heterocycles. The monoisotopic (exact) mass is 220 g/mol. The molecule has 1 atom stereocenters. The Morgan fingerprint density at radius 2 is 2.44 bits per heavy atom. The lowest BCUT2D eigenvalue weighted by atomic mass is 10.1. The number of nitrogens with one attached hydrogen (secondary N) is 1. The Bertz CT molecular complexity index is 301. The molecule has 1 fully saturated rings. The van der Waals surface area contributed by atoms with Crippen molar-refractivity contribution in [3.05, 3.63) is 24.3 Å². The average Bonchev–Trinajstić information content (AvgIpc) is 2.38. The highest BCUT2D eigenvalue weighted by Crippen LogP contribution is 2.09. The highest BCUT2D eigenvalue weighted by atomic mass is 15.2. The van der Waals surface area contributed by atoms with Crippen molar-refractivity contribution in [2.75, 3.05) is 19.6 Å². The third-order valence-electron chi connectivity index (χ3n) is 3.14. The maximum Gasteiger partial charge on any atom is 0.0724 e. The van der Waals surface area contributed by atoms with E-state index in [9.17, 15) is 0 Å². The molecule has 0 bridgehead atoms. The Morgan fingerprint density at radius 3 is 3.19 bits per heavy atom. The number of piperidine rings is 1. The number of rotatable bonds is 4. The maximum atomic E-state index is 4.26. The van der Waals surface area contributed by atoms with Crippen LogP contribution >= 0.6 is 0 Å². The summed E-state index contributed by atoms with van der Waals surface area (Å²) in [5.41, 5.74) is 1.02. The largest absolute Gasteiger partial charge is 0.307 e. The topological polar surface area (TPSA) is 41.0 Å². The lowest BCUT2D eigenvalue weighted by Gasteiger charge is -2.32. The van der Waals surface area contributed by atoms with Crippen LogP contribution in [0.2, 0.25) is 0 Å². The van der Waals surface area contributed by atoms with E-state index in [1.807, 2.05) is 6.20 Å². The van der Waals surface area contributed by atoms with Crippen molar-refractivity contribution in [2.24, 2.45) is 0 Å². The van der Waals surface area contributed by atoms with E-state index < -0.39 is 0 Å². The third kappa shape index (κ3) is 3.25. The summed E-state index contributed by atoms with van der Waals surface area (Å²) < 4.78 is 0. The number of hydrogen-bond donors (Lipinski definition) is 1. The quantitative estimate of drug-likeness (QED) is 0.823. The van der Waals surface area contributed by atoms with Crippen molar-refractivity contribution < 1.29 is 0 Å². The molecule has 1 unspecified atom stereocenters. The zero-order valence-electron chi connectivity index (χ0n) is 9.89. The molecule has 4 nitrogen and oxygen atoms in total. The Labute approximate surface area is 97.1 Å². The molecule has 1 aliphatic heterocycles. The minimum atomic E-state index is 0.607. The van der Waals surface area contributed by atoms with E-state index >= 15 is 0 Å². The van der Waals surface area contributed by atoms with Crippen LogP contribution in [0.25, 0.3) is 0 Å². The van der Waals surface area contributed by atoms with Crippen molar-refractivity contribution in [3.8, 4) is 0 Å². The molecule has 16 heavy (non-hydrogen) atoms. The van der Waals surface area contributed by atoms with Gasteiger partial charge in [-0.15, -0.1) is 0 Å². The van der Waals surface area contributed by atoms with Crippen LogP contribution in [0.3, 0.4) is 0 Å². The van der Waals surface area contributed by atoms with Gasteiger partial charge in [0, 0.05) is 37.7 Å². The molecular weight excluding hydrogens is 200 g/mol. The normalized spacial score (nSPS) is 22.2. The van der Waals surface area contributed by atoms with E-state index in [-0.39, 0.29) is 0 Å². The summed E-state index contributed by atoms with van der Waals surface area (Å²) in [5, 5.41) is 3.56. The lowest BCUT2D eigenvalue weighted by molar-refractivity contribution is 0.198. The van der Waals surface area contributed by atoms with Gasteiger partial charge in [-0.1, -0.05) is 6.92 Å². The molecule has 0 saturated carbocycles. The molecule has 0 aliphatic carbocycles. The van der Waals surface area contributed by atoms with Gasteiger partial charge in [-0.05, 0) is 25.9 Å². The van der Waals surface area contributed by atoms with Crippen molar-refractivity contribution >= 4 is 0 Å². The van der Waals surface area contributed by atoms with Crippen LogP contribution in [0.1, 0.15) is 25.5 Å². The molecule has 4 heteroatoms. The second kappa shape index (κ2) is 5.92. The SMILES string of the molecule is CCN1CCCC(NCc2cnccn2)C1. The van der Waals surface area contributed by atoms with Gasteiger partial charge in [0.1, 0.15) is 0 Å². The number of hydrogen-bond acceptors (Lipinski definition) is 4. The summed E-state index contributed by atoms with van der Waals surface area (Å²) in [6, 6.07) is 0.607. The van der Waals surface area contributed by atoms with Crippen molar-refractivity contribution in [1.29, 1.82) is 0 Å². The van der Waals surface area contributed by atoms with E-state index in [1.54, 1.807) is 12.4 Å². The molecule has 1 aromatic heterocycles. The van der Waals surface area contributed by atoms with Crippen LogP contribution in [-0.2, 0) is 6.54 Å². The molecule has 2 rings (SSSR count). The van der Waals surface area contributed by atoms with Gasteiger partial charge in [0.2, 0.25) is 0 Å². The predicted molar refractivity (Wildman–Crippen MR) is 64.0 cm³/mol. The molecular formula is C12H20N4. The van der Waals surface area contributed by atoms with Gasteiger partial charge in [-0.3, -0.25) is 9.97 Å². The van der Waals surface area contributed by atoms with Gasteiger partial charge in [-0.25, -0.2) is 0 Å². The van der Waals surface area contributed by atoms with E-state index in [4.69, 9.17) is 0 Å². The highest BCUT2D eigenvalue weighted by Gasteiger charge is 2.17. The fourth-order valence-electron chi connectivity index (χ4n) is 2.18. The lowest BCUT2D eigenvalue weighted by Crippen LogP contribution is -2.45. The Hall–Kier alpha value is -1.00. The van der Waals surface area contributed by atoms with Crippen LogP contribution in [0.5, 0.6) is 0 Å². The minimum absolute atomic E-state index is 0.607. The van der Waals surface area contributed by atoms with Crippen LogP contribution in [0.15, 0.2) is 18.6 Å². The third-order valence-corrected chi connectivity index (χ3v) is 3.14. The summed E-state index contributed by atoms with van der Waals surface area (Å²) in [7, 11) is 0. The van der Waals surface area contributed by atoms with Crippen molar-refractivity contribution in [2.45, 2.75) is 32.4 Å². The van der Waals surface area contributed by atoms with Gasteiger partial charge in [-0.2, -0.15) is 0 Å². The predicted octanol–water partition coefficient (Wildman–Crippen LogP) is 1.05. The highest BCUT2D eigenvalue weighted by molar-refractivity contribution is 4.94. The van der Waals surface area contributed by atoms with E-state index in [0.717, 1.165) is 25.3 Å². The maximum absolute atomic E-state index is 4.26. The van der Waals surface area contributed by atoms with Crippen LogP contribution in [0, 0.1) is 0 Å². The second-order valence-corrected chi connectivity index (χ2v) is 4.31. The second-order valence-electron chi connectivity index (χ2n) is 4.31. The molecule has 88 valence electrons. The Kier molecular flexibility index (Phi) is 4.25. The summed E-state index contributed by atoms with van der Waals surface area (Å²) in [6.45, 7) is 6.63. The average molecular weight is 220 g/mol. The number of nitrogens with zero attached hydrogens (tertiary/aromatic N) is 3. The van der Waals surface area contributed by atoms with Crippen LogP contribution < -0.4 is 5.32 Å². The van der Waals surface area contributed by atoms with Crippen molar-refractivity contribution in [1.82, 2.24) is 20.2 Å². The summed E-state index contributed by atoms with van der Waals surface area (Å²) in [4.78, 5) is 10.8. The summed E-state index contributed by atoms with van der Waals surface area (Å²) in [6.07, 6.45) is 7.86. The molecule has 0 radical (unpaired) electrons. The summed E-state index contributed by atoms with van der Waals surface area (Å²) >= 11 is 0. The van der Waals surface area contributed by atoms with E-state index in [1.165, 1.54) is 19.4 Å². The van der Waals surface area contributed by atoms with Crippen molar-refractivity contribution in [3.63, 3.8) is 0 Å². The fraction of sp³-hybridized carbons (Fsp3) is 0.667. The first kappa shape index (κ1) is 11.5.